The minimum atomic E-state index is -0.736. The van der Waals surface area contributed by atoms with Gasteiger partial charge in [0.15, 0.2) is 0 Å². The zero-order valence-electron chi connectivity index (χ0n) is 10.2. The van der Waals surface area contributed by atoms with Crippen LogP contribution in [0.3, 0.4) is 0 Å². The van der Waals surface area contributed by atoms with Gasteiger partial charge in [0, 0.05) is 0 Å². The molecule has 0 atom stereocenters. The van der Waals surface area contributed by atoms with Crippen molar-refractivity contribution < 1.29 is 5.11 Å². The molecule has 2 rings (SSSR count). The number of benzene rings is 2. The summed E-state index contributed by atoms with van der Waals surface area (Å²) in [5.74, 6) is 0. The number of rotatable bonds is 3. The quantitative estimate of drug-likeness (QED) is 0.823. The first-order valence-electron chi connectivity index (χ1n) is 5.72. The SMILES string of the molecule is CC(C)(O)P(c1ccccc1)c1ccccc1. The Morgan fingerprint density at radius 2 is 1.12 bits per heavy atom. The smallest absolute Gasteiger partial charge is 0.0862 e. The molecule has 0 saturated heterocycles. The van der Waals surface area contributed by atoms with Crippen molar-refractivity contribution in [2.24, 2.45) is 0 Å². The van der Waals surface area contributed by atoms with Crippen LogP contribution in [-0.4, -0.2) is 10.4 Å². The first-order chi connectivity index (χ1) is 8.09. The second kappa shape index (κ2) is 5.00. The number of hydrogen-bond acceptors (Lipinski definition) is 1. The van der Waals surface area contributed by atoms with Crippen molar-refractivity contribution in [3.63, 3.8) is 0 Å². The van der Waals surface area contributed by atoms with E-state index in [1.807, 2.05) is 50.2 Å². The molecular weight excluding hydrogens is 227 g/mol. The van der Waals surface area contributed by atoms with Gasteiger partial charge in [-0.3, -0.25) is 0 Å². The molecule has 0 aliphatic heterocycles. The Hall–Kier alpha value is -1.17. The molecule has 0 heterocycles. The second-order valence-corrected chi connectivity index (χ2v) is 7.30. The molecule has 17 heavy (non-hydrogen) atoms. The van der Waals surface area contributed by atoms with Crippen LogP contribution in [0.1, 0.15) is 13.8 Å². The van der Waals surface area contributed by atoms with Crippen LogP contribution in [0, 0.1) is 0 Å². The van der Waals surface area contributed by atoms with Crippen molar-refractivity contribution in [2.45, 2.75) is 19.2 Å². The van der Waals surface area contributed by atoms with Crippen molar-refractivity contribution in [1.82, 2.24) is 0 Å². The maximum Gasteiger partial charge on any atom is 0.0862 e. The van der Waals surface area contributed by atoms with Crippen LogP contribution in [0.5, 0.6) is 0 Å². The first kappa shape index (κ1) is 12.3. The molecule has 0 amide bonds. The van der Waals surface area contributed by atoms with Crippen LogP contribution >= 0.6 is 7.92 Å². The lowest BCUT2D eigenvalue weighted by Gasteiger charge is -2.30. The van der Waals surface area contributed by atoms with Crippen LogP contribution in [0.25, 0.3) is 0 Å². The normalized spacial score (nSPS) is 11.8. The fourth-order valence-electron chi connectivity index (χ4n) is 1.94. The minimum Gasteiger partial charge on any atom is -0.385 e. The lowest BCUT2D eigenvalue weighted by atomic mass is 10.4. The van der Waals surface area contributed by atoms with Gasteiger partial charge in [-0.2, -0.15) is 0 Å². The van der Waals surface area contributed by atoms with E-state index in [-0.39, 0.29) is 0 Å². The van der Waals surface area contributed by atoms with Crippen molar-refractivity contribution in [3.8, 4) is 0 Å². The third-order valence-electron chi connectivity index (χ3n) is 2.58. The minimum absolute atomic E-state index is 0.710. The van der Waals surface area contributed by atoms with Crippen LogP contribution in [0.4, 0.5) is 0 Å². The summed E-state index contributed by atoms with van der Waals surface area (Å²) in [5.41, 5.74) is 0. The topological polar surface area (TPSA) is 20.2 Å². The molecular formula is C15H17OP. The van der Waals surface area contributed by atoms with Gasteiger partial charge in [-0.25, -0.2) is 0 Å². The van der Waals surface area contributed by atoms with E-state index in [4.69, 9.17) is 0 Å². The fraction of sp³-hybridized carbons (Fsp3) is 0.200. The van der Waals surface area contributed by atoms with E-state index in [1.54, 1.807) is 0 Å². The number of aliphatic hydroxyl groups is 1. The molecule has 0 fully saturated rings. The highest BCUT2D eigenvalue weighted by molar-refractivity contribution is 7.74. The average molecular weight is 244 g/mol. The summed E-state index contributed by atoms with van der Waals surface area (Å²) in [4.78, 5) is 0. The molecule has 0 saturated carbocycles. The van der Waals surface area contributed by atoms with Gasteiger partial charge < -0.3 is 5.11 Å². The fourth-order valence-corrected chi connectivity index (χ4v) is 4.44. The highest BCUT2D eigenvalue weighted by atomic mass is 31.1. The Balaban J connectivity index is 2.48. The summed E-state index contributed by atoms with van der Waals surface area (Å²) in [6.07, 6.45) is 0. The molecule has 2 aromatic rings. The Kier molecular flexibility index (Phi) is 3.61. The molecule has 2 aromatic carbocycles. The second-order valence-electron chi connectivity index (χ2n) is 4.50. The molecule has 0 spiro atoms. The molecule has 88 valence electrons. The molecule has 0 bridgehead atoms. The van der Waals surface area contributed by atoms with E-state index in [9.17, 15) is 5.11 Å². The van der Waals surface area contributed by atoms with Gasteiger partial charge in [-0.1, -0.05) is 60.7 Å². The van der Waals surface area contributed by atoms with E-state index in [0.29, 0.717) is 0 Å². The van der Waals surface area contributed by atoms with Gasteiger partial charge in [0.05, 0.1) is 5.34 Å². The summed E-state index contributed by atoms with van der Waals surface area (Å²) in [6, 6.07) is 20.5. The van der Waals surface area contributed by atoms with Gasteiger partial charge in [0.25, 0.3) is 0 Å². The Bertz CT molecular complexity index is 420. The van der Waals surface area contributed by atoms with Crippen LogP contribution in [0.15, 0.2) is 60.7 Å². The monoisotopic (exact) mass is 244 g/mol. The molecule has 2 heteroatoms. The molecule has 0 aliphatic carbocycles. The van der Waals surface area contributed by atoms with Gasteiger partial charge in [-0.05, 0) is 32.4 Å². The third kappa shape index (κ3) is 2.94. The highest BCUT2D eigenvalue weighted by Gasteiger charge is 2.29. The van der Waals surface area contributed by atoms with Crippen molar-refractivity contribution in [1.29, 1.82) is 0 Å². The van der Waals surface area contributed by atoms with Crippen molar-refractivity contribution in [2.75, 3.05) is 0 Å². The lowest BCUT2D eigenvalue weighted by molar-refractivity contribution is 0.174. The van der Waals surface area contributed by atoms with Crippen molar-refractivity contribution in [3.05, 3.63) is 60.7 Å². The van der Waals surface area contributed by atoms with E-state index >= 15 is 0 Å². The number of hydrogen-bond donors (Lipinski definition) is 1. The zero-order valence-corrected chi connectivity index (χ0v) is 11.1. The molecule has 0 unspecified atom stereocenters. The Morgan fingerprint density at radius 3 is 1.41 bits per heavy atom. The predicted octanol–water partition coefficient (Wildman–Crippen LogP) is 2.85. The zero-order chi connectivity index (χ0) is 12.3. The van der Waals surface area contributed by atoms with Gasteiger partial charge in [0.2, 0.25) is 0 Å². The third-order valence-corrected chi connectivity index (χ3v) is 5.30. The van der Waals surface area contributed by atoms with Crippen molar-refractivity contribution >= 4 is 18.5 Å². The Morgan fingerprint density at radius 1 is 0.765 bits per heavy atom. The first-order valence-corrected chi connectivity index (χ1v) is 7.06. The van der Waals surface area contributed by atoms with E-state index in [2.05, 4.69) is 24.3 Å². The summed E-state index contributed by atoms with van der Waals surface area (Å²) < 4.78 is 0. The van der Waals surface area contributed by atoms with E-state index in [0.717, 1.165) is 0 Å². The molecule has 0 aromatic heterocycles. The van der Waals surface area contributed by atoms with Gasteiger partial charge in [0.1, 0.15) is 0 Å². The van der Waals surface area contributed by atoms with Crippen LogP contribution in [-0.2, 0) is 0 Å². The summed E-state index contributed by atoms with van der Waals surface area (Å²) >= 11 is 0. The van der Waals surface area contributed by atoms with E-state index < -0.39 is 13.3 Å². The van der Waals surface area contributed by atoms with Gasteiger partial charge in [-0.15, -0.1) is 0 Å². The largest absolute Gasteiger partial charge is 0.385 e. The van der Waals surface area contributed by atoms with Crippen LogP contribution < -0.4 is 10.6 Å². The summed E-state index contributed by atoms with van der Waals surface area (Å²) in [5, 5.41) is 12.1. The molecule has 1 N–H and O–H groups in total. The molecule has 1 nitrogen and oxygen atoms in total. The van der Waals surface area contributed by atoms with Crippen LogP contribution in [0.2, 0.25) is 0 Å². The van der Waals surface area contributed by atoms with E-state index in [1.165, 1.54) is 10.6 Å². The average Bonchev–Trinajstić information content (AvgIpc) is 2.30. The summed E-state index contributed by atoms with van der Waals surface area (Å²) in [7, 11) is -0.736. The maximum atomic E-state index is 10.4. The Labute approximate surface area is 104 Å². The standard InChI is InChI=1S/C15H17OP/c1-15(2,16)17(13-9-5-3-6-10-13)14-11-7-4-8-12-14/h3-12,16H,1-2H3. The molecule has 0 radical (unpaired) electrons. The van der Waals surface area contributed by atoms with Gasteiger partial charge >= 0.3 is 0 Å². The predicted molar refractivity (Wildman–Crippen MR) is 75.4 cm³/mol. The maximum absolute atomic E-state index is 10.4. The highest BCUT2D eigenvalue weighted by Crippen LogP contribution is 2.45. The summed E-state index contributed by atoms with van der Waals surface area (Å²) in [6.45, 7) is 3.78. The molecule has 0 aliphatic rings. The lowest BCUT2D eigenvalue weighted by Crippen LogP contribution is -2.28.